The highest BCUT2D eigenvalue weighted by atomic mass is 79.9. The molecule has 0 aliphatic rings. The average Bonchev–Trinajstić information content (AvgIpc) is 2.53. The lowest BCUT2D eigenvalue weighted by Crippen LogP contribution is -3.00. The maximum absolute atomic E-state index is 2.32. The lowest BCUT2D eigenvalue weighted by molar-refractivity contribution is -0.538. The fraction of sp³-hybridized carbons (Fsp3) is 0. The first kappa shape index (κ1) is 13.8. The van der Waals surface area contributed by atoms with Crippen LogP contribution in [0, 0.1) is 0 Å². The van der Waals surface area contributed by atoms with Gasteiger partial charge < -0.3 is 17.0 Å². The predicted octanol–water partition coefficient (Wildman–Crippen LogP) is 1.27. The first-order valence-electron chi connectivity index (χ1n) is 6.81. The summed E-state index contributed by atoms with van der Waals surface area (Å²) in [6, 6.07) is 29.8. The number of para-hydroxylation sites is 3. The molecule has 0 spiro atoms. The van der Waals surface area contributed by atoms with Gasteiger partial charge in [0.05, 0.1) is 0 Å². The molecule has 0 amide bonds. The Labute approximate surface area is 134 Å². The van der Waals surface area contributed by atoms with Crippen molar-refractivity contribution in [2.45, 2.75) is 0 Å². The van der Waals surface area contributed by atoms with Gasteiger partial charge in [-0.05, 0) is 18.2 Å². The van der Waals surface area contributed by atoms with Gasteiger partial charge in [-0.2, -0.15) is 4.57 Å². The topological polar surface area (TPSA) is 3.88 Å². The Bertz CT molecular complexity index is 847. The summed E-state index contributed by atoms with van der Waals surface area (Å²) >= 11 is 0. The van der Waals surface area contributed by atoms with Gasteiger partial charge in [0.15, 0.2) is 0 Å². The van der Waals surface area contributed by atoms with Gasteiger partial charge in [-0.15, -0.1) is 0 Å². The van der Waals surface area contributed by atoms with Crippen LogP contribution in [-0.2, 0) is 0 Å². The molecule has 2 heteroatoms. The number of hydrogen-bond acceptors (Lipinski definition) is 0. The van der Waals surface area contributed by atoms with Gasteiger partial charge in [-0.25, -0.2) is 0 Å². The van der Waals surface area contributed by atoms with Gasteiger partial charge in [0, 0.05) is 35.0 Å². The van der Waals surface area contributed by atoms with Crippen molar-refractivity contribution in [1.29, 1.82) is 0 Å². The number of pyridine rings is 1. The van der Waals surface area contributed by atoms with Crippen molar-refractivity contribution in [3.05, 3.63) is 84.9 Å². The van der Waals surface area contributed by atoms with Crippen LogP contribution in [0.5, 0.6) is 0 Å². The van der Waals surface area contributed by atoms with Gasteiger partial charge in [0.1, 0.15) is 0 Å². The van der Waals surface area contributed by atoms with E-state index in [4.69, 9.17) is 0 Å². The van der Waals surface area contributed by atoms with E-state index in [-0.39, 0.29) is 17.0 Å². The van der Waals surface area contributed by atoms with Crippen molar-refractivity contribution in [3.63, 3.8) is 0 Å². The molecule has 1 heterocycles. The minimum absolute atomic E-state index is 0. The molecule has 102 valence electrons. The molecular weight excluding hydrogens is 322 g/mol. The molecule has 0 saturated carbocycles. The molecule has 21 heavy (non-hydrogen) atoms. The second kappa shape index (κ2) is 5.66. The Hall–Kier alpha value is -2.19. The Balaban J connectivity index is 0.00000132. The molecule has 0 atom stereocenters. The minimum atomic E-state index is 0. The van der Waals surface area contributed by atoms with Crippen molar-refractivity contribution in [3.8, 4) is 5.69 Å². The summed E-state index contributed by atoms with van der Waals surface area (Å²) in [4.78, 5) is 0. The summed E-state index contributed by atoms with van der Waals surface area (Å²) in [7, 11) is 0. The van der Waals surface area contributed by atoms with Gasteiger partial charge in [-0.3, -0.25) is 0 Å². The number of nitrogens with zero attached hydrogens (tertiary/aromatic N) is 1. The number of rotatable bonds is 1. The van der Waals surface area contributed by atoms with Crippen LogP contribution in [-0.4, -0.2) is 0 Å². The maximum Gasteiger partial charge on any atom is 0.219 e. The zero-order valence-corrected chi connectivity index (χ0v) is 13.0. The SMILES string of the molecule is [Br-].c1ccc(-[n+]2c3ccccc3cc3ccccc32)cc1. The van der Waals surface area contributed by atoms with Crippen LogP contribution >= 0.6 is 0 Å². The average molecular weight is 336 g/mol. The fourth-order valence-electron chi connectivity index (χ4n) is 2.78. The summed E-state index contributed by atoms with van der Waals surface area (Å²) in [5.41, 5.74) is 3.66. The van der Waals surface area contributed by atoms with Gasteiger partial charge in [0.25, 0.3) is 0 Å². The Morgan fingerprint density at radius 2 is 1.00 bits per heavy atom. The van der Waals surface area contributed by atoms with Crippen molar-refractivity contribution in [2.24, 2.45) is 0 Å². The quantitative estimate of drug-likeness (QED) is 0.364. The summed E-state index contributed by atoms with van der Waals surface area (Å²) in [5.74, 6) is 0. The zero-order chi connectivity index (χ0) is 13.4. The Morgan fingerprint density at radius 3 is 1.57 bits per heavy atom. The smallest absolute Gasteiger partial charge is 0.219 e. The first-order chi connectivity index (χ1) is 9.93. The molecule has 0 N–H and O–H groups in total. The Kier molecular flexibility index (Phi) is 3.72. The number of fused-ring (bicyclic) bond motifs is 2. The molecule has 0 saturated heterocycles. The highest BCUT2D eigenvalue weighted by Gasteiger charge is 2.16. The molecule has 0 aliphatic carbocycles. The van der Waals surface area contributed by atoms with E-state index < -0.39 is 0 Å². The van der Waals surface area contributed by atoms with E-state index in [1.54, 1.807) is 0 Å². The maximum atomic E-state index is 2.32. The second-order valence-electron chi connectivity index (χ2n) is 4.93. The molecule has 1 aromatic heterocycles. The van der Waals surface area contributed by atoms with E-state index in [0.717, 1.165) is 0 Å². The van der Waals surface area contributed by atoms with Crippen molar-refractivity contribution in [2.75, 3.05) is 0 Å². The monoisotopic (exact) mass is 335 g/mol. The third-order valence-electron chi connectivity index (χ3n) is 3.68. The van der Waals surface area contributed by atoms with Crippen molar-refractivity contribution >= 4 is 21.8 Å². The van der Waals surface area contributed by atoms with E-state index in [1.807, 2.05) is 0 Å². The molecule has 4 aromatic rings. The zero-order valence-electron chi connectivity index (χ0n) is 11.4. The summed E-state index contributed by atoms with van der Waals surface area (Å²) in [6.07, 6.45) is 0. The molecule has 3 aromatic carbocycles. The highest BCUT2D eigenvalue weighted by Crippen LogP contribution is 2.19. The summed E-state index contributed by atoms with van der Waals surface area (Å²) in [6.45, 7) is 0. The first-order valence-corrected chi connectivity index (χ1v) is 6.81. The van der Waals surface area contributed by atoms with Crippen LogP contribution in [0.1, 0.15) is 0 Å². The number of benzene rings is 3. The third-order valence-corrected chi connectivity index (χ3v) is 3.68. The molecule has 4 rings (SSSR count). The van der Waals surface area contributed by atoms with E-state index >= 15 is 0 Å². The summed E-state index contributed by atoms with van der Waals surface area (Å²) in [5, 5.41) is 2.52. The molecular formula is C19H14BrN. The minimum Gasteiger partial charge on any atom is -1.00 e. The van der Waals surface area contributed by atoms with Gasteiger partial charge in [-0.1, -0.05) is 42.5 Å². The van der Waals surface area contributed by atoms with Crippen LogP contribution in [0.25, 0.3) is 27.5 Å². The standard InChI is InChI=1S/C19H14N.BrH/c1-2-10-17(11-3-1)20-18-12-6-4-8-15(18)14-16-9-5-7-13-19(16)20;/h1-14H;1H/q+1;/p-1. The van der Waals surface area contributed by atoms with E-state index in [2.05, 4.69) is 89.5 Å². The van der Waals surface area contributed by atoms with E-state index in [1.165, 1.54) is 27.5 Å². The van der Waals surface area contributed by atoms with E-state index in [0.29, 0.717) is 0 Å². The van der Waals surface area contributed by atoms with E-state index in [9.17, 15) is 0 Å². The highest BCUT2D eigenvalue weighted by molar-refractivity contribution is 5.89. The molecule has 0 aliphatic heterocycles. The van der Waals surface area contributed by atoms with Crippen LogP contribution in [0.3, 0.4) is 0 Å². The molecule has 0 unspecified atom stereocenters. The van der Waals surface area contributed by atoms with Crippen LogP contribution < -0.4 is 21.5 Å². The normalized spacial score (nSPS) is 10.5. The van der Waals surface area contributed by atoms with Gasteiger partial charge >= 0.3 is 0 Å². The number of aromatic nitrogens is 1. The van der Waals surface area contributed by atoms with Crippen molar-refractivity contribution < 1.29 is 21.5 Å². The van der Waals surface area contributed by atoms with Crippen LogP contribution in [0.2, 0.25) is 0 Å². The van der Waals surface area contributed by atoms with Crippen molar-refractivity contribution in [1.82, 2.24) is 0 Å². The van der Waals surface area contributed by atoms with Crippen LogP contribution in [0.15, 0.2) is 84.9 Å². The second-order valence-corrected chi connectivity index (χ2v) is 4.93. The lowest BCUT2D eigenvalue weighted by Gasteiger charge is -2.05. The van der Waals surface area contributed by atoms with Gasteiger partial charge in [0.2, 0.25) is 16.7 Å². The Morgan fingerprint density at radius 1 is 0.524 bits per heavy atom. The number of halogens is 1. The molecule has 0 bridgehead atoms. The lowest BCUT2D eigenvalue weighted by atomic mass is 10.1. The molecule has 1 nitrogen and oxygen atoms in total. The largest absolute Gasteiger partial charge is 1.00 e. The molecule has 0 fully saturated rings. The molecule has 0 radical (unpaired) electrons. The third kappa shape index (κ3) is 2.32. The fourth-order valence-corrected chi connectivity index (χ4v) is 2.78. The summed E-state index contributed by atoms with van der Waals surface area (Å²) < 4.78 is 2.32. The van der Waals surface area contributed by atoms with Crippen LogP contribution in [0.4, 0.5) is 0 Å². The predicted molar refractivity (Wildman–Crippen MR) is 83.0 cm³/mol. The number of hydrogen-bond donors (Lipinski definition) is 0.